The van der Waals surface area contributed by atoms with Gasteiger partial charge in [-0.3, -0.25) is 9.59 Å². The van der Waals surface area contributed by atoms with E-state index in [-0.39, 0.29) is 24.4 Å². The van der Waals surface area contributed by atoms with Crippen molar-refractivity contribution in [3.63, 3.8) is 0 Å². The number of amides is 1. The van der Waals surface area contributed by atoms with Crippen molar-refractivity contribution in [2.45, 2.75) is 46.1 Å². The quantitative estimate of drug-likeness (QED) is 0.853. The van der Waals surface area contributed by atoms with Crippen LogP contribution in [0.4, 0.5) is 0 Å². The van der Waals surface area contributed by atoms with E-state index in [4.69, 9.17) is 14.4 Å². The van der Waals surface area contributed by atoms with Crippen LogP contribution >= 0.6 is 0 Å². The second kappa shape index (κ2) is 7.59. The molecular weight excluding hydrogens is 300 g/mol. The minimum Gasteiger partial charge on any atom is -0.480 e. The van der Waals surface area contributed by atoms with E-state index in [0.29, 0.717) is 38.2 Å². The van der Waals surface area contributed by atoms with Crippen LogP contribution in [0, 0.1) is 19.8 Å². The number of nitrogens with zero attached hydrogens (tertiary/aromatic N) is 2. The van der Waals surface area contributed by atoms with E-state index in [2.05, 4.69) is 5.16 Å². The average Bonchev–Trinajstić information content (AvgIpc) is 2.84. The van der Waals surface area contributed by atoms with Gasteiger partial charge in [0.2, 0.25) is 5.91 Å². The number of carbonyl (C=O) groups excluding carboxylic acids is 1. The first kappa shape index (κ1) is 17.5. The fourth-order valence-corrected chi connectivity index (χ4v) is 3.00. The molecule has 7 heteroatoms. The summed E-state index contributed by atoms with van der Waals surface area (Å²) in [5.41, 5.74) is 1.70. The van der Waals surface area contributed by atoms with Crippen molar-refractivity contribution in [2.75, 3.05) is 19.8 Å². The SMILES string of the molecule is Cc1noc(C)c1C[C@@H](C)C(=O)N(CC(=O)O)C1CCOCC1. The van der Waals surface area contributed by atoms with Gasteiger partial charge < -0.3 is 19.3 Å². The highest BCUT2D eigenvalue weighted by atomic mass is 16.5. The number of hydrogen-bond acceptors (Lipinski definition) is 5. The largest absolute Gasteiger partial charge is 0.480 e. The first-order valence-corrected chi connectivity index (χ1v) is 7.92. The highest BCUT2D eigenvalue weighted by Crippen LogP contribution is 2.21. The van der Waals surface area contributed by atoms with Crippen molar-refractivity contribution in [3.8, 4) is 0 Å². The van der Waals surface area contributed by atoms with Crippen molar-refractivity contribution in [3.05, 3.63) is 17.0 Å². The van der Waals surface area contributed by atoms with Gasteiger partial charge in [-0.2, -0.15) is 0 Å². The highest BCUT2D eigenvalue weighted by Gasteiger charge is 2.31. The van der Waals surface area contributed by atoms with Crippen LogP contribution in [0.25, 0.3) is 0 Å². The maximum absolute atomic E-state index is 12.8. The monoisotopic (exact) mass is 324 g/mol. The van der Waals surface area contributed by atoms with Crippen LogP contribution < -0.4 is 0 Å². The number of aromatic nitrogens is 1. The van der Waals surface area contributed by atoms with Gasteiger partial charge >= 0.3 is 5.97 Å². The number of aliphatic carboxylic acids is 1. The smallest absolute Gasteiger partial charge is 0.323 e. The third-order valence-corrected chi connectivity index (χ3v) is 4.33. The molecule has 1 aromatic rings. The maximum Gasteiger partial charge on any atom is 0.323 e. The molecule has 1 saturated heterocycles. The lowest BCUT2D eigenvalue weighted by Gasteiger charge is -2.34. The maximum atomic E-state index is 12.8. The number of ether oxygens (including phenoxy) is 1. The molecule has 1 aromatic heterocycles. The Morgan fingerprint density at radius 1 is 1.35 bits per heavy atom. The lowest BCUT2D eigenvalue weighted by molar-refractivity contribution is -0.149. The molecule has 0 radical (unpaired) electrons. The Hall–Kier alpha value is -1.89. The summed E-state index contributed by atoms with van der Waals surface area (Å²) in [5, 5.41) is 13.0. The van der Waals surface area contributed by atoms with Gasteiger partial charge in [-0.1, -0.05) is 12.1 Å². The Balaban J connectivity index is 2.10. The average molecular weight is 324 g/mol. The van der Waals surface area contributed by atoms with Crippen LogP contribution in [-0.4, -0.2) is 52.8 Å². The zero-order chi connectivity index (χ0) is 17.0. The Morgan fingerprint density at radius 3 is 2.52 bits per heavy atom. The van der Waals surface area contributed by atoms with E-state index >= 15 is 0 Å². The molecule has 0 aromatic carbocycles. The van der Waals surface area contributed by atoms with Crippen molar-refractivity contribution in [1.82, 2.24) is 10.1 Å². The van der Waals surface area contributed by atoms with Gasteiger partial charge in [0.15, 0.2) is 0 Å². The lowest BCUT2D eigenvalue weighted by Crippen LogP contribution is -2.48. The van der Waals surface area contributed by atoms with Crippen LogP contribution in [0.1, 0.15) is 36.8 Å². The lowest BCUT2D eigenvalue weighted by atomic mass is 9.96. The van der Waals surface area contributed by atoms with E-state index in [1.807, 2.05) is 20.8 Å². The fourth-order valence-electron chi connectivity index (χ4n) is 3.00. The third-order valence-electron chi connectivity index (χ3n) is 4.33. The van der Waals surface area contributed by atoms with Crippen LogP contribution in [-0.2, 0) is 20.7 Å². The molecule has 7 nitrogen and oxygen atoms in total. The molecule has 1 N–H and O–H groups in total. The minimum atomic E-state index is -0.991. The van der Waals surface area contributed by atoms with Gasteiger partial charge in [-0.15, -0.1) is 0 Å². The van der Waals surface area contributed by atoms with Crippen LogP contribution in [0.5, 0.6) is 0 Å². The summed E-state index contributed by atoms with van der Waals surface area (Å²) in [6.45, 7) is 6.34. The number of aryl methyl sites for hydroxylation is 2. The summed E-state index contributed by atoms with van der Waals surface area (Å²) in [6, 6.07) is -0.0699. The van der Waals surface area contributed by atoms with Crippen molar-refractivity contribution in [1.29, 1.82) is 0 Å². The topological polar surface area (TPSA) is 92.9 Å². The summed E-state index contributed by atoms with van der Waals surface area (Å²) < 4.78 is 10.4. The highest BCUT2D eigenvalue weighted by molar-refractivity contribution is 5.83. The Labute approximate surface area is 135 Å². The molecule has 0 saturated carbocycles. The molecule has 1 aliphatic rings. The van der Waals surface area contributed by atoms with E-state index in [1.165, 1.54) is 4.90 Å². The predicted octanol–water partition coefficient (Wildman–Crippen LogP) is 1.56. The Bertz CT molecular complexity index is 543. The van der Waals surface area contributed by atoms with E-state index in [1.54, 1.807) is 0 Å². The second-order valence-corrected chi connectivity index (χ2v) is 6.11. The molecule has 1 fully saturated rings. The summed E-state index contributed by atoms with van der Waals surface area (Å²) in [6.07, 6.45) is 1.85. The molecule has 0 spiro atoms. The molecular formula is C16H24N2O5. The first-order chi connectivity index (χ1) is 10.9. The van der Waals surface area contributed by atoms with Gasteiger partial charge in [-0.25, -0.2) is 0 Å². The number of rotatable bonds is 6. The predicted molar refractivity (Wildman–Crippen MR) is 82.0 cm³/mol. The standard InChI is InChI=1S/C16H24N2O5/c1-10(8-14-11(2)17-23-12(14)3)16(21)18(9-15(19)20)13-4-6-22-7-5-13/h10,13H,4-9H2,1-3H3,(H,19,20)/t10-/m1/s1. The van der Waals surface area contributed by atoms with Gasteiger partial charge in [0.1, 0.15) is 12.3 Å². The molecule has 0 aliphatic carbocycles. The summed E-state index contributed by atoms with van der Waals surface area (Å²) >= 11 is 0. The number of carbonyl (C=O) groups is 2. The van der Waals surface area contributed by atoms with E-state index < -0.39 is 5.97 Å². The third kappa shape index (κ3) is 4.31. The van der Waals surface area contributed by atoms with Crippen molar-refractivity contribution >= 4 is 11.9 Å². The molecule has 1 amide bonds. The fraction of sp³-hybridized carbons (Fsp3) is 0.688. The van der Waals surface area contributed by atoms with Crippen LogP contribution in [0.15, 0.2) is 4.52 Å². The minimum absolute atomic E-state index is 0.0699. The second-order valence-electron chi connectivity index (χ2n) is 6.11. The van der Waals surface area contributed by atoms with E-state index in [0.717, 1.165) is 11.3 Å². The van der Waals surface area contributed by atoms with Crippen LogP contribution in [0.2, 0.25) is 0 Å². The van der Waals surface area contributed by atoms with Gasteiger partial charge in [0, 0.05) is 30.7 Å². The molecule has 0 bridgehead atoms. The van der Waals surface area contributed by atoms with Crippen molar-refractivity contribution in [2.24, 2.45) is 5.92 Å². The molecule has 128 valence electrons. The number of hydrogen-bond donors (Lipinski definition) is 1. The zero-order valence-corrected chi connectivity index (χ0v) is 13.9. The molecule has 1 aliphatic heterocycles. The molecule has 23 heavy (non-hydrogen) atoms. The first-order valence-electron chi connectivity index (χ1n) is 7.92. The van der Waals surface area contributed by atoms with Gasteiger partial charge in [0.25, 0.3) is 0 Å². The zero-order valence-electron chi connectivity index (χ0n) is 13.9. The normalized spacial score (nSPS) is 17.0. The summed E-state index contributed by atoms with van der Waals surface area (Å²) in [4.78, 5) is 25.4. The Morgan fingerprint density at radius 2 is 2.00 bits per heavy atom. The summed E-state index contributed by atoms with van der Waals surface area (Å²) in [7, 11) is 0. The van der Waals surface area contributed by atoms with Gasteiger partial charge in [0.05, 0.1) is 5.69 Å². The van der Waals surface area contributed by atoms with Crippen molar-refractivity contribution < 1.29 is 24.0 Å². The number of carboxylic acids is 1. The van der Waals surface area contributed by atoms with E-state index in [9.17, 15) is 9.59 Å². The van der Waals surface area contributed by atoms with Crippen LogP contribution in [0.3, 0.4) is 0 Å². The molecule has 2 rings (SSSR count). The molecule has 0 unspecified atom stereocenters. The van der Waals surface area contributed by atoms with Gasteiger partial charge in [-0.05, 0) is 33.1 Å². The summed E-state index contributed by atoms with van der Waals surface area (Å²) in [5.74, 6) is -0.749. The molecule has 1 atom stereocenters. The number of carboxylic acid groups (broad SMARTS) is 1. The molecule has 2 heterocycles. The Kier molecular flexibility index (Phi) is 5.76.